The van der Waals surface area contributed by atoms with Crippen molar-refractivity contribution < 1.29 is 0 Å². The molecule has 0 aliphatic heterocycles. The molecule has 0 bridgehead atoms. The summed E-state index contributed by atoms with van der Waals surface area (Å²) in [6.07, 6.45) is 5.73. The van der Waals surface area contributed by atoms with Crippen LogP contribution in [0.5, 0.6) is 0 Å². The van der Waals surface area contributed by atoms with Gasteiger partial charge in [-0.25, -0.2) is 0 Å². The number of nitrogens with zero attached hydrogens (tertiary/aromatic N) is 2. The molecule has 0 saturated carbocycles. The van der Waals surface area contributed by atoms with E-state index in [-0.39, 0.29) is 0 Å². The van der Waals surface area contributed by atoms with Crippen LogP contribution >= 0.6 is 0 Å². The number of hydrogen-bond donors (Lipinski definition) is 0. The van der Waals surface area contributed by atoms with Crippen LogP contribution < -0.4 is 0 Å². The van der Waals surface area contributed by atoms with Gasteiger partial charge in [0.05, 0.1) is 11.8 Å². The zero-order valence-electron chi connectivity index (χ0n) is 11.3. The van der Waals surface area contributed by atoms with Gasteiger partial charge in [-0.3, -0.25) is 4.99 Å². The van der Waals surface area contributed by atoms with Gasteiger partial charge in [0, 0.05) is 16.9 Å². The summed E-state index contributed by atoms with van der Waals surface area (Å²) in [5, 5.41) is 8.95. The Morgan fingerprint density at radius 1 is 1.24 bits per heavy atom. The van der Waals surface area contributed by atoms with E-state index >= 15 is 0 Å². The van der Waals surface area contributed by atoms with Crippen molar-refractivity contribution in [1.82, 2.24) is 0 Å². The fourth-order valence-corrected chi connectivity index (χ4v) is 1.39. The lowest BCUT2D eigenvalue weighted by molar-refractivity contribution is 1.27. The maximum atomic E-state index is 8.95. The first-order valence-corrected chi connectivity index (χ1v) is 5.59. The summed E-state index contributed by atoms with van der Waals surface area (Å²) in [4.78, 5) is 4.50. The Hall–Kier alpha value is -1.88. The van der Waals surface area contributed by atoms with E-state index in [4.69, 9.17) is 5.26 Å². The van der Waals surface area contributed by atoms with E-state index in [0.717, 1.165) is 22.6 Å². The summed E-state index contributed by atoms with van der Waals surface area (Å²) in [6.45, 7) is 13.3. The molecule has 0 aromatic rings. The van der Waals surface area contributed by atoms with Gasteiger partial charge in [0.1, 0.15) is 0 Å². The molecule has 0 spiro atoms. The van der Waals surface area contributed by atoms with Crippen molar-refractivity contribution >= 4 is 5.71 Å². The maximum absolute atomic E-state index is 8.95. The van der Waals surface area contributed by atoms with Gasteiger partial charge in [0.25, 0.3) is 0 Å². The summed E-state index contributed by atoms with van der Waals surface area (Å²) in [6, 6.07) is 2.16. The lowest BCUT2D eigenvalue weighted by Gasteiger charge is -2.06. The highest BCUT2D eigenvalue weighted by atomic mass is 14.8. The number of rotatable bonds is 4. The minimum atomic E-state index is 0.668. The second-order valence-electron chi connectivity index (χ2n) is 3.80. The van der Waals surface area contributed by atoms with Gasteiger partial charge in [0.15, 0.2) is 0 Å². The molecule has 0 fully saturated rings. The molecule has 0 aromatic carbocycles. The average molecular weight is 228 g/mol. The van der Waals surface area contributed by atoms with Crippen LogP contribution in [0.25, 0.3) is 0 Å². The highest BCUT2D eigenvalue weighted by Gasteiger charge is 2.04. The summed E-state index contributed by atoms with van der Waals surface area (Å²) in [5.74, 6) is 0. The van der Waals surface area contributed by atoms with Crippen molar-refractivity contribution in [3.8, 4) is 6.07 Å². The van der Waals surface area contributed by atoms with Crippen LogP contribution in [0.4, 0.5) is 0 Å². The first-order chi connectivity index (χ1) is 7.97. The average Bonchev–Trinajstić information content (AvgIpc) is 2.31. The third kappa shape index (κ3) is 4.65. The molecule has 0 aliphatic rings. The zero-order valence-corrected chi connectivity index (χ0v) is 11.3. The van der Waals surface area contributed by atoms with Gasteiger partial charge >= 0.3 is 0 Å². The summed E-state index contributed by atoms with van der Waals surface area (Å²) in [7, 11) is 0. The first-order valence-electron chi connectivity index (χ1n) is 5.59. The minimum absolute atomic E-state index is 0.668. The molecule has 0 N–H and O–H groups in total. The van der Waals surface area contributed by atoms with Crippen LogP contribution in [-0.2, 0) is 0 Å². The molecular formula is C15H20N2. The molecule has 17 heavy (non-hydrogen) atoms. The molecule has 0 aromatic heterocycles. The molecule has 2 nitrogen and oxygen atoms in total. The van der Waals surface area contributed by atoms with Crippen LogP contribution in [0.15, 0.2) is 52.2 Å². The van der Waals surface area contributed by atoms with E-state index in [1.807, 2.05) is 45.9 Å². The first kappa shape index (κ1) is 15.1. The quantitative estimate of drug-likeness (QED) is 0.400. The zero-order chi connectivity index (χ0) is 13.4. The molecule has 0 aliphatic carbocycles. The van der Waals surface area contributed by atoms with Gasteiger partial charge in [-0.1, -0.05) is 24.8 Å². The third-order valence-electron chi connectivity index (χ3n) is 2.29. The van der Waals surface area contributed by atoms with E-state index in [1.54, 1.807) is 6.92 Å². The second kappa shape index (κ2) is 7.40. The monoisotopic (exact) mass is 228 g/mol. The molecule has 0 rings (SSSR count). The van der Waals surface area contributed by atoms with Crippen molar-refractivity contribution in [2.75, 3.05) is 0 Å². The van der Waals surface area contributed by atoms with Gasteiger partial charge in [-0.15, -0.1) is 0 Å². The Morgan fingerprint density at radius 3 is 2.18 bits per heavy atom. The van der Waals surface area contributed by atoms with Crippen molar-refractivity contribution in [3.63, 3.8) is 0 Å². The van der Waals surface area contributed by atoms with E-state index in [1.165, 1.54) is 0 Å². The standard InChI is InChI=1S/C15H20N2/c1-7-9-14(12(5)10-16)13(6)17-15(8-2)11(3)4/h7-9H,3H2,1-2,4-6H3/b9-7-,14-12-,15-8-,17-13-. The topological polar surface area (TPSA) is 36.1 Å². The minimum Gasteiger partial charge on any atom is -0.253 e. The Balaban J connectivity index is 5.55. The lowest BCUT2D eigenvalue weighted by atomic mass is 10.1. The highest BCUT2D eigenvalue weighted by Crippen LogP contribution is 2.14. The SMILES string of the molecule is C=C(C)C(=C/C)/N=C(C)\C(\C=C/C)=C(\C)C#N. The van der Waals surface area contributed by atoms with Crippen molar-refractivity contribution in [2.24, 2.45) is 4.99 Å². The Bertz CT molecular complexity index is 452. The van der Waals surface area contributed by atoms with Crippen LogP contribution in [-0.4, -0.2) is 5.71 Å². The maximum Gasteiger partial charge on any atom is 0.0951 e. The van der Waals surface area contributed by atoms with Crippen LogP contribution in [0.3, 0.4) is 0 Å². The molecule has 0 radical (unpaired) electrons. The Labute approximate surface area is 104 Å². The number of hydrogen-bond acceptors (Lipinski definition) is 2. The van der Waals surface area contributed by atoms with Crippen molar-refractivity contribution in [2.45, 2.75) is 34.6 Å². The van der Waals surface area contributed by atoms with Crippen LogP contribution in [0, 0.1) is 11.3 Å². The molecule has 0 saturated heterocycles. The van der Waals surface area contributed by atoms with Crippen molar-refractivity contribution in [1.29, 1.82) is 5.26 Å². The van der Waals surface area contributed by atoms with Gasteiger partial charge in [-0.2, -0.15) is 5.26 Å². The number of allylic oxidation sites excluding steroid dienone is 6. The second-order valence-corrected chi connectivity index (χ2v) is 3.80. The lowest BCUT2D eigenvalue weighted by Crippen LogP contribution is -1.99. The largest absolute Gasteiger partial charge is 0.253 e. The van der Waals surface area contributed by atoms with Gasteiger partial charge in [-0.05, 0) is 40.2 Å². The fourth-order valence-electron chi connectivity index (χ4n) is 1.39. The molecule has 0 heterocycles. The number of nitriles is 1. The smallest absolute Gasteiger partial charge is 0.0951 e. The van der Waals surface area contributed by atoms with E-state index in [0.29, 0.717) is 5.57 Å². The van der Waals surface area contributed by atoms with E-state index in [9.17, 15) is 0 Å². The van der Waals surface area contributed by atoms with Gasteiger partial charge in [0.2, 0.25) is 0 Å². The summed E-state index contributed by atoms with van der Waals surface area (Å²) >= 11 is 0. The van der Waals surface area contributed by atoms with Crippen LogP contribution in [0.1, 0.15) is 34.6 Å². The van der Waals surface area contributed by atoms with Crippen LogP contribution in [0.2, 0.25) is 0 Å². The summed E-state index contributed by atoms with van der Waals surface area (Å²) < 4.78 is 0. The Morgan fingerprint density at radius 2 is 1.82 bits per heavy atom. The highest BCUT2D eigenvalue weighted by molar-refractivity contribution is 6.02. The normalized spacial score (nSPS) is 14.6. The Kier molecular flexibility index (Phi) is 6.58. The predicted molar refractivity (Wildman–Crippen MR) is 74.8 cm³/mol. The predicted octanol–water partition coefficient (Wildman–Crippen LogP) is 4.34. The molecule has 90 valence electrons. The fraction of sp³-hybridized carbons (Fsp3) is 0.333. The summed E-state index contributed by atoms with van der Waals surface area (Å²) in [5.41, 5.74) is 4.15. The van der Waals surface area contributed by atoms with E-state index in [2.05, 4.69) is 17.6 Å². The molecule has 2 heteroatoms. The van der Waals surface area contributed by atoms with Gasteiger partial charge < -0.3 is 0 Å². The number of aliphatic imine (C=N–C) groups is 1. The molecule has 0 unspecified atom stereocenters. The molecular weight excluding hydrogens is 208 g/mol. The molecule has 0 amide bonds. The van der Waals surface area contributed by atoms with Crippen molar-refractivity contribution in [3.05, 3.63) is 47.2 Å². The third-order valence-corrected chi connectivity index (χ3v) is 2.29. The van der Waals surface area contributed by atoms with E-state index < -0.39 is 0 Å². The molecule has 0 atom stereocenters.